The number of nitrogens with one attached hydrogen (secondary N) is 2. The standard InChI is InChI=1S/C19H25N3O4/c1-11-4-5-13(19(25)22(2)3)8-15(11)21-18(24)12-6-7-14-16(9-12)26-10-17(23)20-14/h4-5,8,12,14,16H,6-7,9-10H2,1-3H3,(H,20,23)(H,21,24)/t12-,14-,16-/m0/s1. The molecule has 3 rings (SSSR count). The number of rotatable bonds is 3. The minimum atomic E-state index is -0.168. The number of hydrogen-bond acceptors (Lipinski definition) is 4. The number of hydrogen-bond donors (Lipinski definition) is 2. The van der Waals surface area contributed by atoms with Crippen LogP contribution in [0.3, 0.4) is 0 Å². The van der Waals surface area contributed by atoms with Gasteiger partial charge in [0.15, 0.2) is 0 Å². The molecule has 0 aromatic heterocycles. The Morgan fingerprint density at radius 3 is 2.77 bits per heavy atom. The van der Waals surface area contributed by atoms with E-state index in [0.717, 1.165) is 12.0 Å². The molecule has 0 bridgehead atoms. The fourth-order valence-corrected chi connectivity index (χ4v) is 3.53. The van der Waals surface area contributed by atoms with Gasteiger partial charge in [0, 0.05) is 31.3 Å². The molecular formula is C19H25N3O4. The third-order valence-electron chi connectivity index (χ3n) is 5.09. The van der Waals surface area contributed by atoms with E-state index >= 15 is 0 Å². The van der Waals surface area contributed by atoms with Crippen LogP contribution < -0.4 is 10.6 Å². The van der Waals surface area contributed by atoms with Crippen LogP contribution in [0.25, 0.3) is 0 Å². The molecule has 3 amide bonds. The molecule has 7 heteroatoms. The fraction of sp³-hybridized carbons (Fsp3) is 0.526. The van der Waals surface area contributed by atoms with E-state index in [0.29, 0.717) is 24.1 Å². The van der Waals surface area contributed by atoms with Crippen molar-refractivity contribution in [3.63, 3.8) is 0 Å². The molecule has 1 aromatic carbocycles. The topological polar surface area (TPSA) is 87.7 Å². The summed E-state index contributed by atoms with van der Waals surface area (Å²) in [4.78, 5) is 37.8. The van der Waals surface area contributed by atoms with Crippen LogP contribution in [-0.2, 0) is 14.3 Å². The van der Waals surface area contributed by atoms with Crippen LogP contribution in [0.15, 0.2) is 18.2 Å². The number of amides is 3. The molecule has 2 N–H and O–H groups in total. The summed E-state index contributed by atoms with van der Waals surface area (Å²) in [6.45, 7) is 1.96. The van der Waals surface area contributed by atoms with Gasteiger partial charge in [0.1, 0.15) is 6.61 Å². The van der Waals surface area contributed by atoms with Crippen molar-refractivity contribution in [3.05, 3.63) is 29.3 Å². The highest BCUT2D eigenvalue weighted by Gasteiger charge is 2.38. The Balaban J connectivity index is 1.67. The molecule has 1 aliphatic carbocycles. The summed E-state index contributed by atoms with van der Waals surface area (Å²) in [6.07, 6.45) is 1.91. The quantitative estimate of drug-likeness (QED) is 0.852. The molecule has 1 aromatic rings. The van der Waals surface area contributed by atoms with Crippen LogP contribution in [0.5, 0.6) is 0 Å². The number of benzene rings is 1. The van der Waals surface area contributed by atoms with Crippen LogP contribution >= 0.6 is 0 Å². The van der Waals surface area contributed by atoms with Gasteiger partial charge in [-0.05, 0) is 43.9 Å². The zero-order valence-electron chi connectivity index (χ0n) is 15.4. The smallest absolute Gasteiger partial charge is 0.253 e. The molecule has 140 valence electrons. The van der Waals surface area contributed by atoms with Crippen LogP contribution in [0.2, 0.25) is 0 Å². The van der Waals surface area contributed by atoms with Gasteiger partial charge in [0.25, 0.3) is 5.91 Å². The van der Waals surface area contributed by atoms with E-state index in [4.69, 9.17) is 4.74 Å². The first-order chi connectivity index (χ1) is 12.3. The molecule has 2 aliphatic rings. The molecule has 0 unspecified atom stereocenters. The van der Waals surface area contributed by atoms with Gasteiger partial charge < -0.3 is 20.3 Å². The average molecular weight is 359 g/mol. The number of aryl methyl sites for hydroxylation is 1. The predicted octanol–water partition coefficient (Wildman–Crippen LogP) is 1.32. The monoisotopic (exact) mass is 359 g/mol. The molecule has 1 aliphatic heterocycles. The molecule has 0 spiro atoms. The number of nitrogens with zero attached hydrogens (tertiary/aromatic N) is 1. The Labute approximate surface area is 153 Å². The van der Waals surface area contributed by atoms with E-state index in [9.17, 15) is 14.4 Å². The van der Waals surface area contributed by atoms with Gasteiger partial charge >= 0.3 is 0 Å². The number of anilines is 1. The van der Waals surface area contributed by atoms with Crippen molar-refractivity contribution in [3.8, 4) is 0 Å². The summed E-state index contributed by atoms with van der Waals surface area (Å²) in [7, 11) is 3.39. The lowest BCUT2D eigenvalue weighted by Crippen LogP contribution is -2.55. The summed E-state index contributed by atoms with van der Waals surface area (Å²) < 4.78 is 5.58. The minimum absolute atomic E-state index is 0.00285. The van der Waals surface area contributed by atoms with Gasteiger partial charge in [-0.1, -0.05) is 6.07 Å². The summed E-state index contributed by atoms with van der Waals surface area (Å²) in [5.74, 6) is -0.431. The second kappa shape index (κ2) is 7.45. The molecule has 1 heterocycles. The maximum absolute atomic E-state index is 12.7. The van der Waals surface area contributed by atoms with Gasteiger partial charge in [-0.2, -0.15) is 0 Å². The number of fused-ring (bicyclic) bond motifs is 1. The van der Waals surface area contributed by atoms with Gasteiger partial charge in [0.05, 0.1) is 12.1 Å². The summed E-state index contributed by atoms with van der Waals surface area (Å²) in [5.41, 5.74) is 2.10. The van der Waals surface area contributed by atoms with Crippen LogP contribution in [-0.4, -0.2) is 55.5 Å². The van der Waals surface area contributed by atoms with Crippen molar-refractivity contribution >= 4 is 23.4 Å². The molecule has 7 nitrogen and oxygen atoms in total. The second-order valence-electron chi connectivity index (χ2n) is 7.25. The van der Waals surface area contributed by atoms with Crippen molar-refractivity contribution < 1.29 is 19.1 Å². The van der Waals surface area contributed by atoms with E-state index in [2.05, 4.69) is 10.6 Å². The zero-order valence-corrected chi connectivity index (χ0v) is 15.4. The first kappa shape index (κ1) is 18.4. The third-order valence-corrected chi connectivity index (χ3v) is 5.09. The van der Waals surface area contributed by atoms with Gasteiger partial charge in [-0.25, -0.2) is 0 Å². The van der Waals surface area contributed by atoms with Crippen LogP contribution in [0.4, 0.5) is 5.69 Å². The largest absolute Gasteiger partial charge is 0.366 e. The Morgan fingerprint density at radius 2 is 2.04 bits per heavy atom. The maximum Gasteiger partial charge on any atom is 0.253 e. The zero-order chi connectivity index (χ0) is 18.8. The Bertz CT molecular complexity index is 731. The summed E-state index contributed by atoms with van der Waals surface area (Å²) in [6, 6.07) is 5.32. The fourth-order valence-electron chi connectivity index (χ4n) is 3.53. The lowest BCUT2D eigenvalue weighted by atomic mass is 9.82. The van der Waals surface area contributed by atoms with Crippen molar-refractivity contribution in [1.29, 1.82) is 0 Å². The molecule has 26 heavy (non-hydrogen) atoms. The van der Waals surface area contributed by atoms with Crippen LogP contribution in [0.1, 0.15) is 35.2 Å². The van der Waals surface area contributed by atoms with Crippen molar-refractivity contribution in [2.45, 2.75) is 38.3 Å². The Hall–Kier alpha value is -2.41. The lowest BCUT2D eigenvalue weighted by Gasteiger charge is -2.38. The van der Waals surface area contributed by atoms with Crippen molar-refractivity contribution in [2.75, 3.05) is 26.0 Å². The van der Waals surface area contributed by atoms with Gasteiger partial charge in [-0.15, -0.1) is 0 Å². The van der Waals surface area contributed by atoms with E-state index in [1.54, 1.807) is 26.2 Å². The Morgan fingerprint density at radius 1 is 1.27 bits per heavy atom. The SMILES string of the molecule is Cc1ccc(C(=O)N(C)C)cc1NC(=O)[C@H]1CC[C@@H]2NC(=O)CO[C@H]2C1. The second-order valence-corrected chi connectivity index (χ2v) is 7.25. The predicted molar refractivity (Wildman–Crippen MR) is 96.8 cm³/mol. The highest BCUT2D eigenvalue weighted by Crippen LogP contribution is 2.30. The first-order valence-corrected chi connectivity index (χ1v) is 8.89. The lowest BCUT2D eigenvalue weighted by molar-refractivity contribution is -0.141. The number of carbonyl (C=O) groups is 3. The van der Waals surface area contributed by atoms with E-state index in [-0.39, 0.29) is 42.4 Å². The number of carbonyl (C=O) groups excluding carboxylic acids is 3. The molecular weight excluding hydrogens is 334 g/mol. The van der Waals surface area contributed by atoms with Crippen molar-refractivity contribution in [2.24, 2.45) is 5.92 Å². The highest BCUT2D eigenvalue weighted by atomic mass is 16.5. The minimum Gasteiger partial charge on any atom is -0.366 e. The van der Waals surface area contributed by atoms with Crippen LogP contribution in [0, 0.1) is 12.8 Å². The maximum atomic E-state index is 12.7. The summed E-state index contributed by atoms with van der Waals surface area (Å²) in [5, 5.41) is 5.90. The third kappa shape index (κ3) is 3.88. The normalized spacial score (nSPS) is 25.0. The van der Waals surface area contributed by atoms with Gasteiger partial charge in [-0.3, -0.25) is 14.4 Å². The van der Waals surface area contributed by atoms with Gasteiger partial charge in [0.2, 0.25) is 11.8 Å². The molecule has 0 radical (unpaired) electrons. The summed E-state index contributed by atoms with van der Waals surface area (Å²) >= 11 is 0. The molecule has 1 saturated heterocycles. The molecule has 2 fully saturated rings. The van der Waals surface area contributed by atoms with Crippen molar-refractivity contribution in [1.82, 2.24) is 10.2 Å². The average Bonchev–Trinajstić information content (AvgIpc) is 2.62. The van der Waals surface area contributed by atoms with E-state index in [1.165, 1.54) is 4.90 Å². The van der Waals surface area contributed by atoms with E-state index in [1.807, 2.05) is 13.0 Å². The van der Waals surface area contributed by atoms with E-state index < -0.39 is 0 Å². The first-order valence-electron chi connectivity index (χ1n) is 8.89. The Kier molecular flexibility index (Phi) is 5.27. The highest BCUT2D eigenvalue weighted by molar-refractivity contribution is 5.98. The number of morpholine rings is 1. The number of ether oxygens (including phenoxy) is 1. The molecule has 1 saturated carbocycles. The molecule has 3 atom stereocenters.